The van der Waals surface area contributed by atoms with Crippen molar-refractivity contribution >= 4 is 17.7 Å². The number of fused-ring (bicyclic) bond motifs is 1. The van der Waals surface area contributed by atoms with Crippen LogP contribution in [0.3, 0.4) is 0 Å². The van der Waals surface area contributed by atoms with Crippen LogP contribution in [-0.4, -0.2) is 55.3 Å². The number of amides is 3. The molecule has 0 atom stereocenters. The summed E-state index contributed by atoms with van der Waals surface area (Å²) in [7, 11) is 0. The van der Waals surface area contributed by atoms with Gasteiger partial charge in [0.15, 0.2) is 0 Å². The van der Waals surface area contributed by atoms with E-state index >= 15 is 0 Å². The summed E-state index contributed by atoms with van der Waals surface area (Å²) < 4.78 is 0. The van der Waals surface area contributed by atoms with Crippen molar-refractivity contribution in [3.8, 4) is 0 Å². The lowest BCUT2D eigenvalue weighted by atomic mass is 9.99. The van der Waals surface area contributed by atoms with Crippen LogP contribution in [0.2, 0.25) is 0 Å². The Labute approximate surface area is 148 Å². The van der Waals surface area contributed by atoms with E-state index in [-0.39, 0.29) is 24.3 Å². The van der Waals surface area contributed by atoms with Crippen LogP contribution in [0, 0.1) is 5.92 Å². The summed E-state index contributed by atoms with van der Waals surface area (Å²) in [4.78, 5) is 39.2. The Morgan fingerprint density at radius 2 is 1.76 bits per heavy atom. The maximum absolute atomic E-state index is 12.2. The number of imide groups is 1. The van der Waals surface area contributed by atoms with E-state index in [1.807, 2.05) is 0 Å². The molecule has 0 radical (unpaired) electrons. The topological polar surface area (TPSA) is 70.9 Å². The fourth-order valence-corrected chi connectivity index (χ4v) is 3.57. The molecule has 6 nitrogen and oxygen atoms in total. The van der Waals surface area contributed by atoms with Crippen LogP contribution >= 0.6 is 0 Å². The minimum absolute atomic E-state index is 0.208. The number of benzene rings is 1. The van der Waals surface area contributed by atoms with Gasteiger partial charge in [0.2, 0.25) is 5.91 Å². The Morgan fingerprint density at radius 3 is 2.36 bits per heavy atom. The van der Waals surface area contributed by atoms with Gasteiger partial charge < -0.3 is 10.2 Å². The second kappa shape index (κ2) is 7.78. The molecule has 1 aromatic rings. The zero-order chi connectivity index (χ0) is 17.8. The third-order valence-corrected chi connectivity index (χ3v) is 5.19. The standard InChI is InChI=1S/C19H25N3O3/c1-14-7-11-21(12-8-14)10-4-9-20-17(23)13-22-18(24)15-5-2-3-6-16(15)19(22)25/h2-3,5-6,14H,4,7-13H2,1H3,(H,20,23)/p+1. The second-order valence-corrected chi connectivity index (χ2v) is 7.13. The molecule has 0 spiro atoms. The fraction of sp³-hybridized carbons (Fsp3) is 0.526. The zero-order valence-electron chi connectivity index (χ0n) is 14.7. The first kappa shape index (κ1) is 17.6. The van der Waals surface area contributed by atoms with Crippen molar-refractivity contribution in [3.63, 3.8) is 0 Å². The van der Waals surface area contributed by atoms with Gasteiger partial charge in [0.25, 0.3) is 11.8 Å². The summed E-state index contributed by atoms with van der Waals surface area (Å²) in [5.74, 6) is -0.217. The molecule has 1 fully saturated rings. The van der Waals surface area contributed by atoms with Gasteiger partial charge in [-0.1, -0.05) is 19.1 Å². The van der Waals surface area contributed by atoms with Crippen molar-refractivity contribution in [1.29, 1.82) is 0 Å². The molecule has 134 valence electrons. The Balaban J connectivity index is 1.40. The molecule has 0 bridgehead atoms. The highest BCUT2D eigenvalue weighted by Crippen LogP contribution is 2.21. The molecule has 1 aromatic carbocycles. The molecule has 2 N–H and O–H groups in total. The lowest BCUT2D eigenvalue weighted by Crippen LogP contribution is -3.13. The molecule has 2 aliphatic rings. The Bertz CT molecular complexity index is 631. The van der Waals surface area contributed by atoms with E-state index in [1.165, 1.54) is 25.9 Å². The summed E-state index contributed by atoms with van der Waals surface area (Å²) >= 11 is 0. The van der Waals surface area contributed by atoms with Gasteiger partial charge in [-0.3, -0.25) is 19.3 Å². The second-order valence-electron chi connectivity index (χ2n) is 7.13. The predicted octanol–water partition coefficient (Wildman–Crippen LogP) is 0.104. The van der Waals surface area contributed by atoms with E-state index in [9.17, 15) is 14.4 Å². The number of likely N-dealkylation sites (tertiary alicyclic amines) is 1. The number of quaternary nitrogens is 1. The molecular weight excluding hydrogens is 318 g/mol. The zero-order valence-corrected chi connectivity index (χ0v) is 14.7. The highest BCUT2D eigenvalue weighted by atomic mass is 16.2. The van der Waals surface area contributed by atoms with Crippen molar-refractivity contribution in [2.75, 3.05) is 32.7 Å². The molecule has 2 heterocycles. The van der Waals surface area contributed by atoms with Crippen LogP contribution in [0.4, 0.5) is 0 Å². The number of nitrogens with zero attached hydrogens (tertiary/aromatic N) is 1. The highest BCUT2D eigenvalue weighted by molar-refractivity contribution is 6.22. The van der Waals surface area contributed by atoms with Crippen molar-refractivity contribution in [2.24, 2.45) is 5.92 Å². The quantitative estimate of drug-likeness (QED) is 0.568. The van der Waals surface area contributed by atoms with Gasteiger partial charge in [-0.05, 0) is 30.9 Å². The van der Waals surface area contributed by atoms with Gasteiger partial charge in [0, 0.05) is 13.0 Å². The third kappa shape index (κ3) is 4.07. The number of nitrogens with one attached hydrogen (secondary N) is 2. The highest BCUT2D eigenvalue weighted by Gasteiger charge is 2.36. The summed E-state index contributed by atoms with van der Waals surface area (Å²) in [6.07, 6.45) is 3.47. The molecule has 0 aromatic heterocycles. The van der Waals surface area contributed by atoms with E-state index < -0.39 is 0 Å². The number of rotatable bonds is 6. The van der Waals surface area contributed by atoms with Crippen LogP contribution in [-0.2, 0) is 4.79 Å². The van der Waals surface area contributed by atoms with Crippen LogP contribution in [0.15, 0.2) is 24.3 Å². The predicted molar refractivity (Wildman–Crippen MR) is 93.4 cm³/mol. The Hall–Kier alpha value is -2.21. The van der Waals surface area contributed by atoms with Gasteiger partial charge in [-0.2, -0.15) is 0 Å². The molecule has 3 amide bonds. The monoisotopic (exact) mass is 344 g/mol. The fourth-order valence-electron chi connectivity index (χ4n) is 3.57. The van der Waals surface area contributed by atoms with Crippen LogP contribution in [0.5, 0.6) is 0 Å². The van der Waals surface area contributed by atoms with E-state index in [0.29, 0.717) is 17.7 Å². The minimum atomic E-state index is -0.386. The van der Waals surface area contributed by atoms with Gasteiger partial charge in [0.1, 0.15) is 6.54 Å². The molecule has 0 saturated carbocycles. The van der Waals surface area contributed by atoms with E-state index in [4.69, 9.17) is 0 Å². The molecule has 0 aliphatic carbocycles. The average molecular weight is 344 g/mol. The molecule has 25 heavy (non-hydrogen) atoms. The third-order valence-electron chi connectivity index (χ3n) is 5.19. The molecular formula is C19H26N3O3+. The molecule has 2 aliphatic heterocycles. The van der Waals surface area contributed by atoms with Crippen LogP contribution in [0.1, 0.15) is 46.9 Å². The maximum Gasteiger partial charge on any atom is 0.262 e. The summed E-state index contributed by atoms with van der Waals surface area (Å²) in [5, 5.41) is 2.83. The Kier molecular flexibility index (Phi) is 5.48. The van der Waals surface area contributed by atoms with Crippen LogP contribution < -0.4 is 10.2 Å². The molecule has 0 unspecified atom stereocenters. The maximum atomic E-state index is 12.2. The lowest BCUT2D eigenvalue weighted by Gasteiger charge is -2.27. The largest absolute Gasteiger partial charge is 0.354 e. The Morgan fingerprint density at radius 1 is 1.16 bits per heavy atom. The van der Waals surface area contributed by atoms with E-state index in [0.717, 1.165) is 23.8 Å². The first-order chi connectivity index (χ1) is 12.1. The summed E-state index contributed by atoms with van der Waals surface area (Å²) in [5.41, 5.74) is 0.756. The van der Waals surface area contributed by atoms with Crippen molar-refractivity contribution in [2.45, 2.75) is 26.2 Å². The number of piperidine rings is 1. The summed E-state index contributed by atoms with van der Waals surface area (Å²) in [6.45, 7) is 6.16. The first-order valence-corrected chi connectivity index (χ1v) is 9.11. The first-order valence-electron chi connectivity index (χ1n) is 9.11. The average Bonchev–Trinajstić information content (AvgIpc) is 2.86. The van der Waals surface area contributed by atoms with E-state index in [2.05, 4.69) is 12.2 Å². The smallest absolute Gasteiger partial charge is 0.262 e. The van der Waals surface area contributed by atoms with Gasteiger partial charge in [-0.15, -0.1) is 0 Å². The van der Waals surface area contributed by atoms with E-state index in [1.54, 1.807) is 29.2 Å². The van der Waals surface area contributed by atoms with Crippen molar-refractivity contribution in [3.05, 3.63) is 35.4 Å². The molecule has 3 rings (SSSR count). The minimum Gasteiger partial charge on any atom is -0.354 e. The number of carbonyl (C=O) groups excluding carboxylic acids is 3. The molecule has 6 heteroatoms. The number of carbonyl (C=O) groups is 3. The number of hydrogen-bond acceptors (Lipinski definition) is 3. The van der Waals surface area contributed by atoms with Crippen molar-refractivity contribution < 1.29 is 19.3 Å². The SMILES string of the molecule is CC1CC[NH+](CCCNC(=O)CN2C(=O)c3ccccc3C2=O)CC1. The number of hydrogen-bond donors (Lipinski definition) is 2. The van der Waals surface area contributed by atoms with Crippen molar-refractivity contribution in [1.82, 2.24) is 10.2 Å². The van der Waals surface area contributed by atoms with Gasteiger partial charge in [0.05, 0.1) is 30.8 Å². The molecule has 1 saturated heterocycles. The van der Waals surface area contributed by atoms with Gasteiger partial charge in [-0.25, -0.2) is 0 Å². The van der Waals surface area contributed by atoms with Gasteiger partial charge >= 0.3 is 0 Å². The normalized spacial score (nSPS) is 22.8. The van der Waals surface area contributed by atoms with Crippen LogP contribution in [0.25, 0.3) is 0 Å². The lowest BCUT2D eigenvalue weighted by molar-refractivity contribution is -0.906. The summed E-state index contributed by atoms with van der Waals surface area (Å²) in [6, 6.07) is 6.68.